The molecule has 31 heavy (non-hydrogen) atoms. The number of benzene rings is 2. The molecule has 1 saturated carbocycles. The van der Waals surface area contributed by atoms with Crippen molar-refractivity contribution in [2.45, 2.75) is 44.8 Å². The molecule has 6 rings (SSSR count). The molecule has 4 heteroatoms. The van der Waals surface area contributed by atoms with Crippen LogP contribution in [-0.4, -0.2) is 42.0 Å². The van der Waals surface area contributed by atoms with Crippen LogP contribution in [0.15, 0.2) is 60.7 Å². The van der Waals surface area contributed by atoms with E-state index in [1.807, 2.05) is 18.2 Å². The first kappa shape index (κ1) is 20.7. The quantitative estimate of drug-likeness (QED) is 0.725. The highest BCUT2D eigenvalue weighted by molar-refractivity contribution is 5.87. The van der Waals surface area contributed by atoms with Gasteiger partial charge in [0.25, 0.3) is 0 Å². The number of hydrogen-bond donors (Lipinski definition) is 2. The third-order valence-corrected chi connectivity index (χ3v) is 7.82. The van der Waals surface area contributed by atoms with Crippen LogP contribution in [0.2, 0.25) is 0 Å². The highest BCUT2D eigenvalue weighted by Crippen LogP contribution is 2.53. The minimum atomic E-state index is -0.472. The van der Waals surface area contributed by atoms with Gasteiger partial charge in [-0.15, -0.1) is 0 Å². The van der Waals surface area contributed by atoms with Crippen LogP contribution in [0.1, 0.15) is 31.4 Å². The molecule has 1 amide bonds. The highest BCUT2D eigenvalue weighted by Gasteiger charge is 2.64. The summed E-state index contributed by atoms with van der Waals surface area (Å²) in [5.41, 5.74) is 2.02. The maximum Gasteiger partial charge on any atom is 0.240 e. The van der Waals surface area contributed by atoms with E-state index in [0.717, 1.165) is 38.0 Å². The second kappa shape index (κ2) is 8.40. The minimum Gasteiger partial charge on any atom is -0.350 e. The van der Waals surface area contributed by atoms with Gasteiger partial charge in [0.2, 0.25) is 5.91 Å². The summed E-state index contributed by atoms with van der Waals surface area (Å²) in [6.07, 6.45) is 1.91. The Morgan fingerprint density at radius 2 is 1.77 bits per heavy atom. The van der Waals surface area contributed by atoms with Crippen molar-refractivity contribution in [3.05, 3.63) is 71.8 Å². The van der Waals surface area contributed by atoms with Crippen LogP contribution < -0.4 is 10.6 Å². The van der Waals surface area contributed by atoms with E-state index in [-0.39, 0.29) is 5.91 Å². The summed E-state index contributed by atoms with van der Waals surface area (Å²) in [5.74, 6) is 2.42. The molecule has 2 aromatic rings. The lowest BCUT2D eigenvalue weighted by Crippen LogP contribution is -2.74. The first-order valence-corrected chi connectivity index (χ1v) is 11.9. The second-order valence-electron chi connectivity index (χ2n) is 10.3. The van der Waals surface area contributed by atoms with Gasteiger partial charge in [-0.2, -0.15) is 0 Å². The van der Waals surface area contributed by atoms with Gasteiger partial charge < -0.3 is 10.6 Å². The summed E-state index contributed by atoms with van der Waals surface area (Å²) in [6, 6.07) is 21.5. The van der Waals surface area contributed by atoms with Crippen LogP contribution in [-0.2, 0) is 17.8 Å². The number of amides is 1. The Morgan fingerprint density at radius 3 is 2.45 bits per heavy atom. The third-order valence-electron chi connectivity index (χ3n) is 7.82. The van der Waals surface area contributed by atoms with E-state index in [4.69, 9.17) is 0 Å². The number of piperidine rings is 2. The van der Waals surface area contributed by atoms with Crippen molar-refractivity contribution in [2.75, 3.05) is 19.6 Å². The first-order valence-electron chi connectivity index (χ1n) is 11.9. The largest absolute Gasteiger partial charge is 0.350 e. The van der Waals surface area contributed by atoms with Crippen LogP contribution in [0.25, 0.3) is 0 Å². The lowest BCUT2D eigenvalue weighted by Gasteiger charge is -2.56. The normalized spacial score (nSPS) is 31.8. The van der Waals surface area contributed by atoms with E-state index in [1.165, 1.54) is 5.56 Å². The fourth-order valence-corrected chi connectivity index (χ4v) is 6.63. The molecule has 3 aliphatic heterocycles. The smallest absolute Gasteiger partial charge is 0.240 e. The molecule has 1 aliphatic carbocycles. The van der Waals surface area contributed by atoms with E-state index in [9.17, 15) is 4.79 Å². The van der Waals surface area contributed by atoms with Gasteiger partial charge in [0.05, 0.1) is 0 Å². The molecule has 5 atom stereocenters. The van der Waals surface area contributed by atoms with Crippen LogP contribution in [0, 0.1) is 23.7 Å². The molecule has 4 aliphatic rings. The average molecular weight is 418 g/mol. The fourth-order valence-electron chi connectivity index (χ4n) is 6.63. The van der Waals surface area contributed by atoms with Gasteiger partial charge in [0.1, 0.15) is 5.54 Å². The number of nitrogens with one attached hydrogen (secondary N) is 2. The van der Waals surface area contributed by atoms with Crippen molar-refractivity contribution in [3.63, 3.8) is 0 Å². The van der Waals surface area contributed by atoms with Gasteiger partial charge in [0.15, 0.2) is 0 Å². The number of carbonyl (C=O) groups is 1. The lowest BCUT2D eigenvalue weighted by atomic mass is 9.58. The monoisotopic (exact) mass is 417 g/mol. The van der Waals surface area contributed by atoms with Crippen LogP contribution in [0.5, 0.6) is 0 Å². The Balaban J connectivity index is 1.44. The van der Waals surface area contributed by atoms with E-state index < -0.39 is 5.54 Å². The Morgan fingerprint density at radius 1 is 1.10 bits per heavy atom. The van der Waals surface area contributed by atoms with Gasteiger partial charge in [0, 0.05) is 38.1 Å². The number of fused-ring (bicyclic) bond motifs is 1. The lowest BCUT2D eigenvalue weighted by molar-refractivity contribution is -0.138. The molecule has 2 N–H and O–H groups in total. The predicted molar refractivity (Wildman–Crippen MR) is 124 cm³/mol. The summed E-state index contributed by atoms with van der Waals surface area (Å²) in [7, 11) is 0. The van der Waals surface area contributed by atoms with Crippen LogP contribution in [0.4, 0.5) is 0 Å². The van der Waals surface area contributed by atoms with Crippen LogP contribution in [0.3, 0.4) is 0 Å². The molecule has 0 radical (unpaired) electrons. The Hall–Kier alpha value is -2.17. The molecule has 3 saturated heterocycles. The van der Waals surface area contributed by atoms with Crippen molar-refractivity contribution in [2.24, 2.45) is 23.7 Å². The molecule has 3 heterocycles. The summed E-state index contributed by atoms with van der Waals surface area (Å²) in [6.45, 7) is 8.46. The summed E-state index contributed by atoms with van der Waals surface area (Å²) in [5, 5.41) is 7.08. The number of carbonyl (C=O) groups excluding carboxylic acids is 1. The summed E-state index contributed by atoms with van der Waals surface area (Å²) < 4.78 is 0. The third kappa shape index (κ3) is 3.81. The molecule has 0 unspecified atom stereocenters. The Bertz CT molecular complexity index is 899. The van der Waals surface area contributed by atoms with E-state index >= 15 is 0 Å². The zero-order valence-electron chi connectivity index (χ0n) is 18.8. The zero-order chi connectivity index (χ0) is 21.4. The molecular weight excluding hydrogens is 382 g/mol. The molecular formula is C27H35N3O. The van der Waals surface area contributed by atoms with Crippen molar-refractivity contribution >= 4 is 5.91 Å². The molecule has 4 nitrogen and oxygen atoms in total. The number of hydrogen-bond acceptors (Lipinski definition) is 3. The van der Waals surface area contributed by atoms with Crippen molar-refractivity contribution < 1.29 is 4.79 Å². The zero-order valence-corrected chi connectivity index (χ0v) is 18.8. The van der Waals surface area contributed by atoms with E-state index in [1.54, 1.807) is 0 Å². The highest BCUT2D eigenvalue weighted by atomic mass is 16.2. The van der Waals surface area contributed by atoms with Gasteiger partial charge >= 0.3 is 0 Å². The topological polar surface area (TPSA) is 44.4 Å². The van der Waals surface area contributed by atoms with Gasteiger partial charge in [-0.05, 0) is 41.7 Å². The maximum absolute atomic E-state index is 13.8. The van der Waals surface area contributed by atoms with Gasteiger partial charge in [-0.1, -0.05) is 74.5 Å². The SMILES string of the molecule is CC(C)CN1C[C@H]2C[C@]3(C(=O)NCc4ccccc4)NC[C@H]2[C@H]1[C@H]3Cc1ccccc1. The number of nitrogens with zero attached hydrogens (tertiary/aromatic N) is 1. The molecule has 4 bridgehead atoms. The van der Waals surface area contributed by atoms with Crippen LogP contribution >= 0.6 is 0 Å². The van der Waals surface area contributed by atoms with Gasteiger partial charge in [-0.25, -0.2) is 0 Å². The Labute approximate surface area is 186 Å². The van der Waals surface area contributed by atoms with Gasteiger partial charge in [-0.3, -0.25) is 9.69 Å². The number of rotatable bonds is 7. The molecule has 0 spiro atoms. The molecule has 164 valence electrons. The maximum atomic E-state index is 13.8. The number of likely N-dealkylation sites (tertiary alicyclic amines) is 1. The summed E-state index contributed by atoms with van der Waals surface area (Å²) >= 11 is 0. The fraction of sp³-hybridized carbons (Fsp3) is 0.519. The Kier molecular flexibility index (Phi) is 5.61. The predicted octanol–water partition coefficient (Wildman–Crippen LogP) is 3.48. The first-order chi connectivity index (χ1) is 15.1. The minimum absolute atomic E-state index is 0.192. The van der Waals surface area contributed by atoms with Crippen molar-refractivity contribution in [3.8, 4) is 0 Å². The van der Waals surface area contributed by atoms with Crippen molar-refractivity contribution in [1.82, 2.24) is 15.5 Å². The molecule has 2 aromatic carbocycles. The van der Waals surface area contributed by atoms with E-state index in [0.29, 0.717) is 36.3 Å². The standard InChI is InChI=1S/C27H35N3O/c1-19(2)17-30-18-22-14-27(26(31)28-15-21-11-7-4-8-12-21)24(25(30)23(22)16-29-27)13-20-9-5-3-6-10-20/h3-12,19,22-25,29H,13-18H2,1-2H3,(H,28,31)/t22-,23-,24-,25+,27+/m1/s1. The second-order valence-corrected chi connectivity index (χ2v) is 10.3. The van der Waals surface area contributed by atoms with E-state index in [2.05, 4.69) is 71.8 Å². The molecule has 0 aromatic heterocycles. The summed E-state index contributed by atoms with van der Waals surface area (Å²) in [4.78, 5) is 16.5. The molecule has 4 fully saturated rings. The van der Waals surface area contributed by atoms with Crippen molar-refractivity contribution in [1.29, 1.82) is 0 Å². The average Bonchev–Trinajstić information content (AvgIpc) is 3.08.